The van der Waals surface area contributed by atoms with Gasteiger partial charge in [-0.2, -0.15) is 0 Å². The van der Waals surface area contributed by atoms with Crippen molar-refractivity contribution < 1.29 is 9.21 Å². The fourth-order valence-corrected chi connectivity index (χ4v) is 3.76. The van der Waals surface area contributed by atoms with Crippen LogP contribution in [0.1, 0.15) is 41.9 Å². The van der Waals surface area contributed by atoms with Crippen LogP contribution < -0.4 is 0 Å². The van der Waals surface area contributed by atoms with Crippen LogP contribution in [-0.4, -0.2) is 17.4 Å². The molecule has 0 aliphatic rings. The van der Waals surface area contributed by atoms with Gasteiger partial charge in [0.25, 0.3) is 0 Å². The Bertz CT molecular complexity index is 751. The summed E-state index contributed by atoms with van der Waals surface area (Å²) in [7, 11) is 0. The highest BCUT2D eigenvalue weighted by Gasteiger charge is 2.20. The van der Waals surface area contributed by atoms with Crippen molar-refractivity contribution in [2.75, 3.05) is 6.54 Å². The molecule has 0 N–H and O–H groups in total. The first-order valence-electron chi connectivity index (χ1n) is 8.66. The maximum absolute atomic E-state index is 12.4. The normalized spacial score (nSPS) is 12.0. The van der Waals surface area contributed by atoms with E-state index >= 15 is 0 Å². The Morgan fingerprint density at radius 3 is 2.60 bits per heavy atom. The molecule has 0 spiro atoms. The number of hydrogen-bond acceptors (Lipinski definition) is 3. The zero-order chi connectivity index (χ0) is 17.5. The van der Waals surface area contributed by atoms with Crippen molar-refractivity contribution in [1.29, 1.82) is 0 Å². The summed E-state index contributed by atoms with van der Waals surface area (Å²) < 4.78 is 5.67. The second-order valence-corrected chi connectivity index (χ2v) is 7.05. The predicted octanol–water partition coefficient (Wildman–Crippen LogP) is 5.30. The molecule has 0 radical (unpaired) electrons. The van der Waals surface area contributed by atoms with E-state index < -0.39 is 0 Å². The zero-order valence-corrected chi connectivity index (χ0v) is 15.2. The molecule has 0 fully saturated rings. The van der Waals surface area contributed by atoms with E-state index in [-0.39, 0.29) is 11.8 Å². The molecule has 130 valence electrons. The second-order valence-electron chi connectivity index (χ2n) is 6.02. The van der Waals surface area contributed by atoms with Gasteiger partial charge in [-0.15, -0.1) is 11.3 Å². The molecule has 0 bridgehead atoms. The molecule has 0 aliphatic heterocycles. The highest BCUT2D eigenvalue weighted by molar-refractivity contribution is 7.09. The molecule has 0 saturated heterocycles. The van der Waals surface area contributed by atoms with Crippen molar-refractivity contribution in [3.8, 4) is 0 Å². The Morgan fingerprint density at radius 2 is 1.96 bits per heavy atom. The second kappa shape index (κ2) is 8.67. The van der Waals surface area contributed by atoms with Crippen LogP contribution >= 0.6 is 11.3 Å². The molecule has 3 nitrogen and oxygen atoms in total. The lowest BCUT2D eigenvalue weighted by atomic mass is 9.93. The van der Waals surface area contributed by atoms with E-state index in [0.29, 0.717) is 19.5 Å². The van der Waals surface area contributed by atoms with E-state index in [2.05, 4.69) is 23.6 Å². The van der Waals surface area contributed by atoms with Crippen molar-refractivity contribution in [3.63, 3.8) is 0 Å². The van der Waals surface area contributed by atoms with Gasteiger partial charge in [0.15, 0.2) is 0 Å². The number of nitrogens with zero attached hydrogens (tertiary/aromatic N) is 1. The summed E-state index contributed by atoms with van der Waals surface area (Å²) >= 11 is 1.70. The van der Waals surface area contributed by atoms with E-state index in [9.17, 15) is 4.79 Å². The van der Waals surface area contributed by atoms with E-state index in [1.54, 1.807) is 17.6 Å². The molecule has 1 unspecified atom stereocenters. The van der Waals surface area contributed by atoms with Gasteiger partial charge in [-0.25, -0.2) is 0 Å². The van der Waals surface area contributed by atoms with Crippen molar-refractivity contribution in [1.82, 2.24) is 4.90 Å². The lowest BCUT2D eigenvalue weighted by Crippen LogP contribution is -2.31. The minimum atomic E-state index is 0.159. The van der Waals surface area contributed by atoms with Gasteiger partial charge in [0.05, 0.1) is 12.8 Å². The number of hydrogen-bond donors (Lipinski definition) is 0. The molecule has 4 heteroatoms. The van der Waals surface area contributed by atoms with E-state index in [4.69, 9.17) is 4.42 Å². The summed E-state index contributed by atoms with van der Waals surface area (Å²) in [6, 6.07) is 18.4. The van der Waals surface area contributed by atoms with Crippen LogP contribution in [0.3, 0.4) is 0 Å². The zero-order valence-electron chi connectivity index (χ0n) is 14.4. The highest BCUT2D eigenvalue weighted by Crippen LogP contribution is 2.29. The number of amides is 1. The van der Waals surface area contributed by atoms with E-state index in [0.717, 1.165) is 12.2 Å². The maximum atomic E-state index is 12.4. The minimum Gasteiger partial charge on any atom is -0.469 e. The lowest BCUT2D eigenvalue weighted by Gasteiger charge is -2.24. The number of thiophene rings is 1. The quantitative estimate of drug-likeness (QED) is 0.550. The lowest BCUT2D eigenvalue weighted by molar-refractivity contribution is -0.131. The largest absolute Gasteiger partial charge is 0.469 e. The molecule has 0 saturated carbocycles. The van der Waals surface area contributed by atoms with Gasteiger partial charge in [-0.3, -0.25) is 4.79 Å². The van der Waals surface area contributed by atoms with Crippen LogP contribution in [0.15, 0.2) is 70.7 Å². The number of rotatable bonds is 8. The molecular formula is C21H23NO2S. The summed E-state index contributed by atoms with van der Waals surface area (Å²) in [5.41, 5.74) is 1.22. The first-order chi connectivity index (χ1) is 12.3. The van der Waals surface area contributed by atoms with Gasteiger partial charge >= 0.3 is 0 Å². The van der Waals surface area contributed by atoms with Gasteiger partial charge in [0, 0.05) is 23.8 Å². The Balaban J connectivity index is 1.75. The monoisotopic (exact) mass is 353 g/mol. The molecule has 1 atom stereocenters. The Hall–Kier alpha value is -2.33. The highest BCUT2D eigenvalue weighted by atomic mass is 32.1. The van der Waals surface area contributed by atoms with Crippen LogP contribution in [0.5, 0.6) is 0 Å². The fraction of sp³-hybridized carbons (Fsp3) is 0.286. The molecule has 0 aliphatic carbocycles. The Kier molecular flexibility index (Phi) is 6.07. The first-order valence-corrected chi connectivity index (χ1v) is 9.54. The van der Waals surface area contributed by atoms with Gasteiger partial charge in [-0.05, 0) is 35.6 Å². The van der Waals surface area contributed by atoms with Crippen LogP contribution in [0.2, 0.25) is 0 Å². The minimum absolute atomic E-state index is 0.159. The SMILES string of the molecule is CCC(=O)N(CCC(c1ccccc1)c1ccco1)Cc1cccs1. The van der Waals surface area contributed by atoms with Crippen molar-refractivity contribution in [2.24, 2.45) is 0 Å². The number of furan rings is 1. The summed E-state index contributed by atoms with van der Waals surface area (Å²) in [6.07, 6.45) is 3.09. The van der Waals surface area contributed by atoms with Gasteiger partial charge in [-0.1, -0.05) is 43.3 Å². The van der Waals surface area contributed by atoms with Gasteiger partial charge in [0.1, 0.15) is 5.76 Å². The number of carbonyl (C=O) groups is 1. The standard InChI is InChI=1S/C21H23NO2S/c1-2-21(23)22(16-18-10-7-15-25-18)13-12-19(20-11-6-14-24-20)17-8-4-3-5-9-17/h3-11,14-15,19H,2,12-13,16H2,1H3. The third-order valence-corrected chi connectivity index (χ3v) is 5.22. The predicted molar refractivity (Wildman–Crippen MR) is 102 cm³/mol. The van der Waals surface area contributed by atoms with Gasteiger partial charge in [0.2, 0.25) is 5.91 Å². The van der Waals surface area contributed by atoms with Crippen LogP contribution in [0.25, 0.3) is 0 Å². The topological polar surface area (TPSA) is 33.5 Å². The number of benzene rings is 1. The Labute approximate surface area is 152 Å². The molecule has 25 heavy (non-hydrogen) atoms. The first kappa shape index (κ1) is 17.5. The molecule has 2 heterocycles. The van der Waals surface area contributed by atoms with Crippen LogP contribution in [0, 0.1) is 0 Å². The summed E-state index contributed by atoms with van der Waals surface area (Å²) in [6.45, 7) is 3.32. The molecule has 1 amide bonds. The average molecular weight is 353 g/mol. The van der Waals surface area contributed by atoms with E-state index in [1.807, 2.05) is 48.2 Å². The number of carbonyl (C=O) groups excluding carboxylic acids is 1. The van der Waals surface area contributed by atoms with Gasteiger partial charge < -0.3 is 9.32 Å². The smallest absolute Gasteiger partial charge is 0.222 e. The summed E-state index contributed by atoms with van der Waals surface area (Å²) in [4.78, 5) is 15.6. The summed E-state index contributed by atoms with van der Waals surface area (Å²) in [5, 5.41) is 2.06. The third kappa shape index (κ3) is 4.60. The van der Waals surface area contributed by atoms with Crippen LogP contribution in [0.4, 0.5) is 0 Å². The van der Waals surface area contributed by atoms with Crippen molar-refractivity contribution >= 4 is 17.2 Å². The van der Waals surface area contributed by atoms with Crippen molar-refractivity contribution in [2.45, 2.75) is 32.2 Å². The maximum Gasteiger partial charge on any atom is 0.222 e. The summed E-state index contributed by atoms with van der Waals surface area (Å²) in [5.74, 6) is 1.30. The Morgan fingerprint density at radius 1 is 1.12 bits per heavy atom. The molecular weight excluding hydrogens is 330 g/mol. The van der Waals surface area contributed by atoms with Crippen molar-refractivity contribution in [3.05, 3.63) is 82.4 Å². The van der Waals surface area contributed by atoms with Crippen LogP contribution in [-0.2, 0) is 11.3 Å². The third-order valence-electron chi connectivity index (χ3n) is 4.36. The fourth-order valence-electron chi connectivity index (χ4n) is 3.04. The average Bonchev–Trinajstić information content (AvgIpc) is 3.35. The molecule has 3 aromatic rings. The molecule has 3 rings (SSSR count). The van der Waals surface area contributed by atoms with E-state index in [1.165, 1.54) is 10.4 Å². The molecule has 2 aromatic heterocycles. The molecule has 1 aromatic carbocycles.